The lowest BCUT2D eigenvalue weighted by Crippen LogP contribution is -2.11. The molecule has 0 radical (unpaired) electrons. The van der Waals surface area contributed by atoms with Gasteiger partial charge in [-0.1, -0.05) is 0 Å². The van der Waals surface area contributed by atoms with Gasteiger partial charge in [-0.25, -0.2) is 4.98 Å². The first-order valence-corrected chi connectivity index (χ1v) is 4.37. The molecular formula is C8H10N2O3S. The predicted octanol–water partition coefficient (Wildman–Crippen LogP) is 0.967. The van der Waals surface area contributed by atoms with Gasteiger partial charge in [-0.3, -0.25) is 4.79 Å². The van der Waals surface area contributed by atoms with E-state index in [-0.39, 0.29) is 16.6 Å². The van der Waals surface area contributed by atoms with E-state index in [9.17, 15) is 9.90 Å². The Kier molecular flexibility index (Phi) is 2.95. The van der Waals surface area contributed by atoms with Gasteiger partial charge >= 0.3 is 5.97 Å². The maximum absolute atomic E-state index is 10.7. The fourth-order valence-electron chi connectivity index (χ4n) is 1.18. The first kappa shape index (κ1) is 10.8. The van der Waals surface area contributed by atoms with E-state index >= 15 is 0 Å². The molecule has 5 nitrogen and oxygen atoms in total. The second kappa shape index (κ2) is 3.83. The molecular weight excluding hydrogens is 204 g/mol. The molecule has 0 fully saturated rings. The second-order valence-corrected chi connectivity index (χ2v) is 3.31. The van der Waals surface area contributed by atoms with Crippen molar-refractivity contribution in [3.05, 3.63) is 11.3 Å². The Morgan fingerprint density at radius 3 is 2.50 bits per heavy atom. The van der Waals surface area contributed by atoms with Gasteiger partial charge in [-0.05, 0) is 13.8 Å². The molecule has 0 aliphatic heterocycles. The van der Waals surface area contributed by atoms with E-state index in [1.165, 1.54) is 6.92 Å². The average Bonchev–Trinajstić information content (AvgIpc) is 2.01. The highest BCUT2D eigenvalue weighted by Gasteiger charge is 2.22. The van der Waals surface area contributed by atoms with Crippen LogP contribution in [0, 0.1) is 6.92 Å². The number of carboxylic acids is 1. The lowest BCUT2D eigenvalue weighted by molar-refractivity contribution is -0.138. The van der Waals surface area contributed by atoms with Crippen LogP contribution in [0.3, 0.4) is 0 Å². The van der Waals surface area contributed by atoms with Crippen molar-refractivity contribution in [3.8, 4) is 5.88 Å². The van der Waals surface area contributed by atoms with Crippen molar-refractivity contribution in [2.24, 2.45) is 0 Å². The number of carbonyl (C=O) groups is 1. The summed E-state index contributed by atoms with van der Waals surface area (Å²) >= 11 is 3.86. The molecule has 0 aliphatic rings. The van der Waals surface area contributed by atoms with E-state index < -0.39 is 11.9 Å². The second-order valence-electron chi connectivity index (χ2n) is 2.91. The summed E-state index contributed by atoms with van der Waals surface area (Å²) in [6.45, 7) is 3.07. The van der Waals surface area contributed by atoms with Crippen LogP contribution in [0.15, 0.2) is 5.16 Å². The van der Waals surface area contributed by atoms with Crippen molar-refractivity contribution in [1.82, 2.24) is 9.97 Å². The van der Waals surface area contributed by atoms with Crippen LogP contribution in [0.5, 0.6) is 5.88 Å². The average molecular weight is 214 g/mol. The highest BCUT2D eigenvalue weighted by Crippen LogP contribution is 2.26. The van der Waals surface area contributed by atoms with Gasteiger partial charge in [0.05, 0.1) is 5.92 Å². The zero-order valence-corrected chi connectivity index (χ0v) is 8.62. The Morgan fingerprint density at radius 1 is 1.50 bits per heavy atom. The predicted molar refractivity (Wildman–Crippen MR) is 51.7 cm³/mol. The van der Waals surface area contributed by atoms with Crippen LogP contribution in [-0.2, 0) is 4.79 Å². The van der Waals surface area contributed by atoms with Crippen LogP contribution in [0.1, 0.15) is 24.1 Å². The molecule has 1 unspecified atom stereocenters. The molecule has 1 aromatic heterocycles. The highest BCUT2D eigenvalue weighted by atomic mass is 32.1. The van der Waals surface area contributed by atoms with Gasteiger partial charge in [0, 0.05) is 11.3 Å². The number of hydrogen-bond acceptors (Lipinski definition) is 5. The molecule has 1 atom stereocenters. The third-order valence-corrected chi connectivity index (χ3v) is 2.11. The Hall–Kier alpha value is -1.30. The Balaban J connectivity index is 3.27. The molecule has 0 spiro atoms. The molecule has 14 heavy (non-hydrogen) atoms. The van der Waals surface area contributed by atoms with E-state index in [4.69, 9.17) is 5.11 Å². The fourth-order valence-corrected chi connectivity index (χ4v) is 1.43. The van der Waals surface area contributed by atoms with E-state index in [0.29, 0.717) is 5.69 Å². The molecule has 0 saturated carbocycles. The summed E-state index contributed by atoms with van der Waals surface area (Å²) in [5.41, 5.74) is 0.660. The van der Waals surface area contributed by atoms with Gasteiger partial charge in [-0.15, -0.1) is 12.6 Å². The SMILES string of the molecule is Cc1nc(S)nc(O)c1C(C)C(=O)O. The van der Waals surface area contributed by atoms with Crippen LogP contribution < -0.4 is 0 Å². The number of nitrogens with zero attached hydrogens (tertiary/aromatic N) is 2. The van der Waals surface area contributed by atoms with Crippen LogP contribution in [0.2, 0.25) is 0 Å². The molecule has 0 bridgehead atoms. The number of carboxylic acid groups (broad SMARTS) is 1. The van der Waals surface area contributed by atoms with Gasteiger partial charge in [0.1, 0.15) is 0 Å². The third kappa shape index (κ3) is 1.95. The summed E-state index contributed by atoms with van der Waals surface area (Å²) in [4.78, 5) is 18.2. The molecule has 0 amide bonds. The van der Waals surface area contributed by atoms with E-state index in [1.807, 2.05) is 0 Å². The normalized spacial score (nSPS) is 12.5. The first-order valence-electron chi connectivity index (χ1n) is 3.92. The molecule has 0 aliphatic carbocycles. The summed E-state index contributed by atoms with van der Waals surface area (Å²) < 4.78 is 0. The van der Waals surface area contributed by atoms with E-state index in [1.54, 1.807) is 6.92 Å². The number of aromatic hydroxyl groups is 1. The van der Waals surface area contributed by atoms with Crippen LogP contribution in [0.25, 0.3) is 0 Å². The molecule has 76 valence electrons. The van der Waals surface area contributed by atoms with Crippen molar-refractivity contribution < 1.29 is 15.0 Å². The maximum atomic E-state index is 10.7. The van der Waals surface area contributed by atoms with Gasteiger partial charge in [-0.2, -0.15) is 4.98 Å². The summed E-state index contributed by atoms with van der Waals surface area (Å²) in [6, 6.07) is 0. The largest absolute Gasteiger partial charge is 0.493 e. The molecule has 0 aromatic carbocycles. The van der Waals surface area contributed by atoms with Gasteiger partial charge in [0.2, 0.25) is 5.88 Å². The summed E-state index contributed by atoms with van der Waals surface area (Å²) in [7, 11) is 0. The molecule has 1 rings (SSSR count). The van der Waals surface area contributed by atoms with Gasteiger partial charge in [0.15, 0.2) is 5.16 Å². The van der Waals surface area contributed by atoms with Crippen molar-refractivity contribution >= 4 is 18.6 Å². The third-order valence-electron chi connectivity index (χ3n) is 1.91. The van der Waals surface area contributed by atoms with Crippen molar-refractivity contribution in [3.63, 3.8) is 0 Å². The molecule has 2 N–H and O–H groups in total. The number of thiol groups is 1. The minimum absolute atomic E-state index is 0.126. The lowest BCUT2D eigenvalue weighted by Gasteiger charge is -2.10. The zero-order chi connectivity index (χ0) is 10.9. The summed E-state index contributed by atoms with van der Waals surface area (Å²) in [5.74, 6) is -2.18. The minimum atomic E-state index is -1.03. The van der Waals surface area contributed by atoms with Crippen molar-refractivity contribution in [2.75, 3.05) is 0 Å². The van der Waals surface area contributed by atoms with Gasteiger partial charge < -0.3 is 10.2 Å². The van der Waals surface area contributed by atoms with Crippen LogP contribution in [0.4, 0.5) is 0 Å². The smallest absolute Gasteiger partial charge is 0.310 e. The van der Waals surface area contributed by atoms with E-state index in [0.717, 1.165) is 0 Å². The standard InChI is InChI=1S/C8H10N2O3S/c1-3(7(12)13)5-4(2)9-8(14)10-6(5)11/h3H,1-2H3,(H,12,13)(H2,9,10,11,14). The van der Waals surface area contributed by atoms with Crippen molar-refractivity contribution in [1.29, 1.82) is 0 Å². The number of hydrogen-bond donors (Lipinski definition) is 3. The Labute approximate surface area is 86.2 Å². The Bertz CT molecular complexity index is 358. The zero-order valence-electron chi connectivity index (χ0n) is 7.72. The first-order chi connectivity index (χ1) is 6.43. The lowest BCUT2D eigenvalue weighted by atomic mass is 10.0. The van der Waals surface area contributed by atoms with E-state index in [2.05, 4.69) is 22.6 Å². The number of rotatable bonds is 2. The molecule has 0 saturated heterocycles. The summed E-state index contributed by atoms with van der Waals surface area (Å²) in [6.07, 6.45) is 0. The quantitative estimate of drug-likeness (QED) is 0.504. The van der Waals surface area contributed by atoms with Crippen LogP contribution in [-0.4, -0.2) is 26.2 Å². The monoisotopic (exact) mass is 214 g/mol. The fraction of sp³-hybridized carbons (Fsp3) is 0.375. The van der Waals surface area contributed by atoms with Crippen molar-refractivity contribution in [2.45, 2.75) is 24.9 Å². The molecule has 1 heterocycles. The Morgan fingerprint density at radius 2 is 2.07 bits per heavy atom. The molecule has 1 aromatic rings. The molecule has 6 heteroatoms. The van der Waals surface area contributed by atoms with Crippen LogP contribution >= 0.6 is 12.6 Å². The maximum Gasteiger partial charge on any atom is 0.310 e. The topological polar surface area (TPSA) is 83.3 Å². The number of aliphatic carboxylic acids is 1. The number of aromatic nitrogens is 2. The number of aryl methyl sites for hydroxylation is 1. The summed E-state index contributed by atoms with van der Waals surface area (Å²) in [5, 5.41) is 18.3. The van der Waals surface area contributed by atoms with Gasteiger partial charge in [0.25, 0.3) is 0 Å². The minimum Gasteiger partial charge on any atom is -0.493 e. The highest BCUT2D eigenvalue weighted by molar-refractivity contribution is 7.80.